The van der Waals surface area contributed by atoms with E-state index in [-0.39, 0.29) is 12.0 Å². The van der Waals surface area contributed by atoms with Crippen LogP contribution in [-0.4, -0.2) is 45.1 Å². The molecule has 1 aromatic carbocycles. The van der Waals surface area contributed by atoms with Gasteiger partial charge in [-0.1, -0.05) is 12.1 Å². The summed E-state index contributed by atoms with van der Waals surface area (Å²) in [7, 11) is -3.49. The standard InChI is InChI=1S/C23H25N5O2S/c1-16-4-3-5-20(10-16)31(29,30)28-15-18(11-17(28)2)14-27-9-8-22-23(27)7-6-21(26-22)19-12-24-25-13-19/h3-10,12-13,17-18H,11,14-15H2,1-2H3,(H,24,25)/t17-,18-/m1/s1. The van der Waals surface area contributed by atoms with Gasteiger partial charge in [0.15, 0.2) is 0 Å². The number of aromatic amines is 1. The second-order valence-corrected chi connectivity index (χ2v) is 10.3. The minimum atomic E-state index is -3.49. The molecule has 160 valence electrons. The third-order valence-electron chi connectivity index (χ3n) is 6.07. The molecule has 2 atom stereocenters. The van der Waals surface area contributed by atoms with Gasteiger partial charge in [-0.05, 0) is 62.1 Å². The largest absolute Gasteiger partial charge is 0.346 e. The summed E-state index contributed by atoms with van der Waals surface area (Å²) in [5.41, 5.74) is 4.76. The van der Waals surface area contributed by atoms with Crippen LogP contribution in [0.1, 0.15) is 18.9 Å². The van der Waals surface area contributed by atoms with Gasteiger partial charge in [0.1, 0.15) is 0 Å². The molecule has 5 rings (SSSR count). The van der Waals surface area contributed by atoms with Gasteiger partial charge < -0.3 is 4.57 Å². The summed E-state index contributed by atoms with van der Waals surface area (Å²) in [5.74, 6) is 0.249. The molecule has 1 aliphatic heterocycles. The summed E-state index contributed by atoms with van der Waals surface area (Å²) in [6, 6.07) is 13.2. The first-order chi connectivity index (χ1) is 14.9. The lowest BCUT2D eigenvalue weighted by Crippen LogP contribution is -2.34. The fourth-order valence-electron chi connectivity index (χ4n) is 4.55. The van der Waals surface area contributed by atoms with Crippen molar-refractivity contribution < 1.29 is 8.42 Å². The van der Waals surface area contributed by atoms with Crippen molar-refractivity contribution in [2.24, 2.45) is 5.92 Å². The van der Waals surface area contributed by atoms with E-state index in [1.165, 1.54) is 0 Å². The zero-order valence-electron chi connectivity index (χ0n) is 17.6. The van der Waals surface area contributed by atoms with E-state index in [0.717, 1.165) is 40.8 Å². The van der Waals surface area contributed by atoms with Gasteiger partial charge in [0, 0.05) is 37.1 Å². The number of benzene rings is 1. The fourth-order valence-corrected chi connectivity index (χ4v) is 6.37. The molecule has 3 aromatic heterocycles. The van der Waals surface area contributed by atoms with E-state index in [4.69, 9.17) is 4.98 Å². The lowest BCUT2D eigenvalue weighted by Gasteiger charge is -2.21. The monoisotopic (exact) mass is 435 g/mol. The van der Waals surface area contributed by atoms with Crippen molar-refractivity contribution in [1.82, 2.24) is 24.1 Å². The van der Waals surface area contributed by atoms with Gasteiger partial charge in [0.05, 0.1) is 27.8 Å². The topological polar surface area (TPSA) is 83.9 Å². The molecule has 0 bridgehead atoms. The van der Waals surface area contributed by atoms with E-state index in [2.05, 4.69) is 20.8 Å². The molecule has 0 unspecified atom stereocenters. The second kappa shape index (κ2) is 7.62. The first-order valence-electron chi connectivity index (χ1n) is 10.5. The van der Waals surface area contributed by atoms with Crippen LogP contribution in [0, 0.1) is 12.8 Å². The Morgan fingerprint density at radius 1 is 1.19 bits per heavy atom. The maximum absolute atomic E-state index is 13.2. The van der Waals surface area contributed by atoms with E-state index in [1.807, 2.05) is 44.4 Å². The Bertz CT molecular complexity index is 1330. The van der Waals surface area contributed by atoms with Gasteiger partial charge in [-0.15, -0.1) is 0 Å². The van der Waals surface area contributed by atoms with Crippen molar-refractivity contribution in [3.63, 3.8) is 0 Å². The predicted octanol–water partition coefficient (Wildman–Crippen LogP) is 3.83. The number of H-pyrrole nitrogens is 1. The Balaban J connectivity index is 1.36. The Hall–Kier alpha value is -2.97. The van der Waals surface area contributed by atoms with E-state index in [0.29, 0.717) is 11.4 Å². The lowest BCUT2D eigenvalue weighted by atomic mass is 10.1. The van der Waals surface area contributed by atoms with Crippen molar-refractivity contribution >= 4 is 21.1 Å². The molecular formula is C23H25N5O2S. The maximum Gasteiger partial charge on any atom is 0.243 e. The third kappa shape index (κ3) is 3.66. The van der Waals surface area contributed by atoms with Gasteiger partial charge in [-0.3, -0.25) is 5.10 Å². The summed E-state index contributed by atoms with van der Waals surface area (Å²) in [5, 5.41) is 6.80. The molecule has 31 heavy (non-hydrogen) atoms. The number of pyridine rings is 1. The van der Waals surface area contributed by atoms with Crippen LogP contribution in [0.25, 0.3) is 22.3 Å². The van der Waals surface area contributed by atoms with E-state index < -0.39 is 10.0 Å². The molecule has 1 fully saturated rings. The van der Waals surface area contributed by atoms with Crippen molar-refractivity contribution in [3.8, 4) is 11.3 Å². The van der Waals surface area contributed by atoms with Crippen LogP contribution in [-0.2, 0) is 16.6 Å². The molecule has 4 heterocycles. The minimum absolute atomic E-state index is 0.0249. The van der Waals surface area contributed by atoms with Crippen molar-refractivity contribution in [2.75, 3.05) is 6.54 Å². The molecule has 0 radical (unpaired) electrons. The predicted molar refractivity (Wildman–Crippen MR) is 120 cm³/mol. The average molecular weight is 436 g/mol. The van der Waals surface area contributed by atoms with E-state index >= 15 is 0 Å². The summed E-state index contributed by atoms with van der Waals surface area (Å²) in [4.78, 5) is 5.12. The minimum Gasteiger partial charge on any atom is -0.346 e. The summed E-state index contributed by atoms with van der Waals surface area (Å²) >= 11 is 0. The number of hydrogen-bond acceptors (Lipinski definition) is 4. The maximum atomic E-state index is 13.2. The Labute approximate surface area is 181 Å². The Kier molecular flexibility index (Phi) is 4.91. The number of aryl methyl sites for hydroxylation is 1. The first kappa shape index (κ1) is 20.0. The number of sulfonamides is 1. The Morgan fingerprint density at radius 2 is 2.06 bits per heavy atom. The molecule has 1 aliphatic rings. The number of hydrogen-bond donors (Lipinski definition) is 1. The van der Waals surface area contributed by atoms with Gasteiger partial charge in [-0.2, -0.15) is 9.40 Å². The third-order valence-corrected chi connectivity index (χ3v) is 8.05. The summed E-state index contributed by atoms with van der Waals surface area (Å²) < 4.78 is 30.3. The van der Waals surface area contributed by atoms with Gasteiger partial charge in [0.25, 0.3) is 0 Å². The highest BCUT2D eigenvalue weighted by Crippen LogP contribution is 2.31. The molecule has 8 heteroatoms. The van der Waals surface area contributed by atoms with E-state index in [9.17, 15) is 8.42 Å². The number of nitrogens with zero attached hydrogens (tertiary/aromatic N) is 4. The summed E-state index contributed by atoms with van der Waals surface area (Å²) in [6.45, 7) is 5.20. The van der Waals surface area contributed by atoms with Crippen LogP contribution >= 0.6 is 0 Å². The quantitative estimate of drug-likeness (QED) is 0.516. The highest BCUT2D eigenvalue weighted by molar-refractivity contribution is 7.89. The number of nitrogens with one attached hydrogen (secondary N) is 1. The molecule has 0 spiro atoms. The van der Waals surface area contributed by atoms with Crippen molar-refractivity contribution in [2.45, 2.75) is 37.8 Å². The van der Waals surface area contributed by atoms with Gasteiger partial charge in [0.2, 0.25) is 10.0 Å². The van der Waals surface area contributed by atoms with Crippen LogP contribution < -0.4 is 0 Å². The smallest absolute Gasteiger partial charge is 0.243 e. The normalized spacial score (nSPS) is 19.9. The fraction of sp³-hybridized carbons (Fsp3) is 0.304. The van der Waals surface area contributed by atoms with Crippen molar-refractivity contribution in [3.05, 3.63) is 66.6 Å². The highest BCUT2D eigenvalue weighted by atomic mass is 32.2. The van der Waals surface area contributed by atoms with Crippen LogP contribution in [0.4, 0.5) is 0 Å². The van der Waals surface area contributed by atoms with Gasteiger partial charge >= 0.3 is 0 Å². The van der Waals surface area contributed by atoms with Crippen molar-refractivity contribution in [1.29, 1.82) is 0 Å². The summed E-state index contributed by atoms with van der Waals surface area (Å²) in [6.07, 6.45) is 6.47. The number of fused-ring (bicyclic) bond motifs is 1. The van der Waals surface area contributed by atoms with Crippen LogP contribution in [0.15, 0.2) is 66.0 Å². The van der Waals surface area contributed by atoms with E-state index in [1.54, 1.807) is 28.7 Å². The van der Waals surface area contributed by atoms with Crippen LogP contribution in [0.5, 0.6) is 0 Å². The van der Waals surface area contributed by atoms with Gasteiger partial charge in [-0.25, -0.2) is 13.4 Å². The van der Waals surface area contributed by atoms with Crippen LogP contribution in [0.3, 0.4) is 0 Å². The molecule has 1 N–H and O–H groups in total. The molecule has 0 saturated carbocycles. The molecule has 0 amide bonds. The number of aromatic nitrogens is 4. The average Bonchev–Trinajstić information content (AvgIpc) is 3.49. The second-order valence-electron chi connectivity index (χ2n) is 8.40. The molecule has 7 nitrogen and oxygen atoms in total. The molecule has 0 aliphatic carbocycles. The first-order valence-corrected chi connectivity index (χ1v) is 11.9. The zero-order chi connectivity index (χ0) is 21.6. The zero-order valence-corrected chi connectivity index (χ0v) is 18.4. The lowest BCUT2D eigenvalue weighted by molar-refractivity contribution is 0.399. The molecular weight excluding hydrogens is 410 g/mol. The number of rotatable bonds is 5. The highest BCUT2D eigenvalue weighted by Gasteiger charge is 2.38. The molecule has 1 saturated heterocycles. The molecule has 4 aromatic rings. The van der Waals surface area contributed by atoms with Crippen LogP contribution in [0.2, 0.25) is 0 Å². The Morgan fingerprint density at radius 3 is 2.84 bits per heavy atom. The SMILES string of the molecule is Cc1cccc(S(=O)(=O)N2C[C@@H](Cn3ccc4nc(-c5cn[nH]c5)ccc43)C[C@H]2C)c1.